The van der Waals surface area contributed by atoms with Crippen molar-refractivity contribution < 1.29 is 24.4 Å². The molecule has 5 fully saturated rings. The van der Waals surface area contributed by atoms with Gasteiger partial charge in [0.15, 0.2) is 18.2 Å². The minimum Gasteiger partial charge on any atom is -0.368 e. The van der Waals surface area contributed by atoms with Crippen LogP contribution >= 0.6 is 0 Å². The number of ether oxygens (including phenoxy) is 2. The zero-order valence-corrected chi connectivity index (χ0v) is 12.4. The van der Waals surface area contributed by atoms with E-state index in [0.29, 0.717) is 11.8 Å². The van der Waals surface area contributed by atoms with Crippen molar-refractivity contribution in [2.45, 2.75) is 70.4 Å². The van der Waals surface area contributed by atoms with Gasteiger partial charge in [0.1, 0.15) is 0 Å². The zero-order valence-electron chi connectivity index (χ0n) is 12.4. The first-order valence-electron chi connectivity index (χ1n) is 7.84. The second-order valence-corrected chi connectivity index (χ2v) is 7.30. The highest BCUT2D eigenvalue weighted by Gasteiger charge is 2.69. The molecular weight excluding hydrogens is 260 g/mol. The SMILES string of the molecule is C[C@@H]1[C@H](O)O[C@H]2O[C@@]3(C)CC[C@H]4[C@H](C)CC[C@H]1[C@]24OO3. The van der Waals surface area contributed by atoms with Gasteiger partial charge in [-0.25, -0.2) is 9.78 Å². The van der Waals surface area contributed by atoms with Gasteiger partial charge in [-0.1, -0.05) is 13.8 Å². The first kappa shape index (κ1) is 13.5. The third-order valence-corrected chi connectivity index (χ3v) is 6.12. The first-order valence-corrected chi connectivity index (χ1v) is 7.84. The van der Waals surface area contributed by atoms with Crippen molar-refractivity contribution in [1.82, 2.24) is 0 Å². The van der Waals surface area contributed by atoms with Gasteiger partial charge in [0.25, 0.3) is 0 Å². The molecule has 5 nitrogen and oxygen atoms in total. The van der Waals surface area contributed by atoms with E-state index in [-0.39, 0.29) is 11.8 Å². The summed E-state index contributed by atoms with van der Waals surface area (Å²) >= 11 is 0. The molecule has 5 rings (SSSR count). The van der Waals surface area contributed by atoms with Crippen LogP contribution in [0, 0.1) is 23.7 Å². The Hall–Kier alpha value is -0.200. The monoisotopic (exact) mass is 284 g/mol. The Bertz CT molecular complexity index is 411. The Morgan fingerprint density at radius 1 is 1.05 bits per heavy atom. The number of aliphatic hydroxyl groups excluding tert-OH is 1. The molecule has 1 saturated carbocycles. The number of hydrogen-bond acceptors (Lipinski definition) is 5. The number of hydrogen-bond donors (Lipinski definition) is 1. The van der Waals surface area contributed by atoms with Crippen LogP contribution in [-0.2, 0) is 19.2 Å². The van der Waals surface area contributed by atoms with Gasteiger partial charge < -0.3 is 14.6 Å². The Balaban J connectivity index is 1.82. The van der Waals surface area contributed by atoms with Gasteiger partial charge in [-0.15, -0.1) is 0 Å². The fraction of sp³-hybridized carbons (Fsp3) is 1.00. The van der Waals surface area contributed by atoms with Gasteiger partial charge in [-0.2, -0.15) is 0 Å². The summed E-state index contributed by atoms with van der Waals surface area (Å²) in [4.78, 5) is 11.6. The van der Waals surface area contributed by atoms with E-state index in [1.54, 1.807) is 0 Å². The van der Waals surface area contributed by atoms with E-state index in [1.807, 2.05) is 13.8 Å². The van der Waals surface area contributed by atoms with Gasteiger partial charge in [-0.05, 0) is 38.0 Å². The lowest BCUT2D eigenvalue weighted by Crippen LogP contribution is -2.70. The summed E-state index contributed by atoms with van der Waals surface area (Å²) in [7, 11) is 0. The van der Waals surface area contributed by atoms with E-state index in [4.69, 9.17) is 19.2 Å². The molecule has 0 radical (unpaired) electrons. The minimum atomic E-state index is -0.781. The predicted molar refractivity (Wildman–Crippen MR) is 69.0 cm³/mol. The Morgan fingerprint density at radius 2 is 1.85 bits per heavy atom. The van der Waals surface area contributed by atoms with Gasteiger partial charge in [0.2, 0.25) is 5.79 Å². The third-order valence-electron chi connectivity index (χ3n) is 6.12. The molecule has 5 aliphatic rings. The molecule has 2 bridgehead atoms. The molecule has 0 aromatic rings. The molecule has 0 amide bonds. The van der Waals surface area contributed by atoms with Gasteiger partial charge in [0, 0.05) is 18.3 Å². The van der Waals surface area contributed by atoms with Crippen LogP contribution in [0.1, 0.15) is 46.5 Å². The van der Waals surface area contributed by atoms with Crippen LogP contribution in [0.4, 0.5) is 0 Å². The maximum atomic E-state index is 10.2. The molecule has 1 aliphatic carbocycles. The van der Waals surface area contributed by atoms with Gasteiger partial charge in [-0.3, -0.25) is 0 Å². The van der Waals surface area contributed by atoms with E-state index < -0.39 is 24.0 Å². The average molecular weight is 284 g/mol. The lowest BCUT2D eigenvalue weighted by atomic mass is 9.58. The van der Waals surface area contributed by atoms with Crippen molar-refractivity contribution in [3.63, 3.8) is 0 Å². The first-order chi connectivity index (χ1) is 9.46. The standard InChI is InChI=1S/C15H24O5/c1-8-4-5-11-9(2)12(16)17-13-15(11)10(8)6-7-14(3,18-13)19-20-15/h8-13,16H,4-7H2,1-3H3/t8-,9+,10+,11-,12-,13+,14-,15+/m1/s1. The quantitative estimate of drug-likeness (QED) is 0.691. The van der Waals surface area contributed by atoms with Crippen LogP contribution in [0.15, 0.2) is 0 Å². The summed E-state index contributed by atoms with van der Waals surface area (Å²) in [6, 6.07) is 0. The Morgan fingerprint density at radius 3 is 2.65 bits per heavy atom. The average Bonchev–Trinajstić information content (AvgIpc) is 2.63. The van der Waals surface area contributed by atoms with Crippen LogP contribution in [-0.4, -0.2) is 29.1 Å². The molecule has 4 saturated heterocycles. The maximum absolute atomic E-state index is 10.2. The molecule has 0 aromatic heterocycles. The lowest BCUT2D eigenvalue weighted by Gasteiger charge is -2.59. The molecule has 20 heavy (non-hydrogen) atoms. The molecule has 5 heteroatoms. The van der Waals surface area contributed by atoms with Gasteiger partial charge in [0.05, 0.1) is 0 Å². The highest BCUT2D eigenvalue weighted by Crippen LogP contribution is 2.60. The smallest absolute Gasteiger partial charge is 0.201 e. The molecule has 1 N–H and O–H groups in total. The van der Waals surface area contributed by atoms with E-state index in [1.165, 1.54) is 6.42 Å². The normalized spacial score (nSPS) is 61.8. The van der Waals surface area contributed by atoms with Crippen molar-refractivity contribution in [2.24, 2.45) is 23.7 Å². The number of rotatable bonds is 0. The summed E-state index contributed by atoms with van der Waals surface area (Å²) in [6.45, 7) is 6.22. The maximum Gasteiger partial charge on any atom is 0.201 e. The Labute approximate surface area is 119 Å². The van der Waals surface area contributed by atoms with E-state index in [2.05, 4.69) is 6.92 Å². The van der Waals surface area contributed by atoms with E-state index in [0.717, 1.165) is 19.3 Å². The molecule has 114 valence electrons. The van der Waals surface area contributed by atoms with Crippen LogP contribution in [0.5, 0.6) is 0 Å². The van der Waals surface area contributed by atoms with Crippen molar-refractivity contribution in [3.05, 3.63) is 0 Å². The fourth-order valence-corrected chi connectivity index (χ4v) is 4.89. The summed E-state index contributed by atoms with van der Waals surface area (Å²) in [5.74, 6) is 0.437. The van der Waals surface area contributed by atoms with E-state index >= 15 is 0 Å². The van der Waals surface area contributed by atoms with Crippen molar-refractivity contribution in [2.75, 3.05) is 0 Å². The lowest BCUT2D eigenvalue weighted by molar-refractivity contribution is -0.576. The number of aliphatic hydroxyl groups is 1. The highest BCUT2D eigenvalue weighted by molar-refractivity contribution is 5.08. The van der Waals surface area contributed by atoms with E-state index in [9.17, 15) is 5.11 Å². The largest absolute Gasteiger partial charge is 0.368 e. The summed E-state index contributed by atoms with van der Waals surface area (Å²) < 4.78 is 11.9. The fourth-order valence-electron chi connectivity index (χ4n) is 4.89. The van der Waals surface area contributed by atoms with Crippen molar-refractivity contribution >= 4 is 0 Å². The van der Waals surface area contributed by atoms with Crippen LogP contribution < -0.4 is 0 Å². The summed E-state index contributed by atoms with van der Waals surface area (Å²) in [6.07, 6.45) is 2.72. The van der Waals surface area contributed by atoms with Crippen molar-refractivity contribution in [1.29, 1.82) is 0 Å². The molecule has 4 aliphatic heterocycles. The second-order valence-electron chi connectivity index (χ2n) is 7.30. The molecule has 8 atom stereocenters. The highest BCUT2D eigenvalue weighted by atomic mass is 17.3. The molecule has 4 heterocycles. The molecular formula is C15H24O5. The van der Waals surface area contributed by atoms with Crippen LogP contribution in [0.25, 0.3) is 0 Å². The minimum absolute atomic E-state index is 0.0379. The summed E-state index contributed by atoms with van der Waals surface area (Å²) in [5.41, 5.74) is -0.549. The predicted octanol–water partition coefficient (Wildman–Crippen LogP) is 2.19. The Kier molecular flexibility index (Phi) is 2.81. The van der Waals surface area contributed by atoms with Crippen LogP contribution in [0.3, 0.4) is 0 Å². The second kappa shape index (κ2) is 4.17. The topological polar surface area (TPSA) is 57.2 Å². The van der Waals surface area contributed by atoms with Crippen molar-refractivity contribution in [3.8, 4) is 0 Å². The molecule has 1 spiro atoms. The van der Waals surface area contributed by atoms with Gasteiger partial charge >= 0.3 is 0 Å². The summed E-state index contributed by atoms with van der Waals surface area (Å²) in [5, 5.41) is 10.2. The molecule has 0 aromatic carbocycles. The number of fused-ring (bicyclic) bond motifs is 2. The zero-order chi connectivity index (χ0) is 14.1. The van der Waals surface area contributed by atoms with Crippen LogP contribution in [0.2, 0.25) is 0 Å². The third kappa shape index (κ3) is 1.56. The molecule has 0 unspecified atom stereocenters.